The molecule has 2 rings (SSSR count). The molecule has 0 radical (unpaired) electrons. The van der Waals surface area contributed by atoms with Gasteiger partial charge in [-0.25, -0.2) is 0 Å². The SMILES string of the molecule is CSc1cccc(NC(=O)C(=O)NCC(O)c2ccoc2)c1. The van der Waals surface area contributed by atoms with Crippen LogP contribution in [0, 0.1) is 0 Å². The second kappa shape index (κ2) is 7.67. The number of benzene rings is 1. The van der Waals surface area contributed by atoms with E-state index >= 15 is 0 Å². The molecule has 2 amide bonds. The van der Waals surface area contributed by atoms with Crippen LogP contribution in [0.2, 0.25) is 0 Å². The summed E-state index contributed by atoms with van der Waals surface area (Å²) in [5, 5.41) is 14.7. The molecule has 2 aromatic rings. The second-order valence-electron chi connectivity index (χ2n) is 4.47. The molecule has 7 heteroatoms. The van der Waals surface area contributed by atoms with Crippen molar-refractivity contribution in [2.75, 3.05) is 18.1 Å². The van der Waals surface area contributed by atoms with E-state index in [4.69, 9.17) is 4.42 Å². The Balaban J connectivity index is 1.85. The van der Waals surface area contributed by atoms with Gasteiger partial charge < -0.3 is 20.2 Å². The van der Waals surface area contributed by atoms with Crippen LogP contribution in [0.5, 0.6) is 0 Å². The maximum atomic E-state index is 11.8. The summed E-state index contributed by atoms with van der Waals surface area (Å²) in [7, 11) is 0. The van der Waals surface area contributed by atoms with Crippen LogP contribution in [-0.4, -0.2) is 29.7 Å². The van der Waals surface area contributed by atoms with Crippen LogP contribution in [0.25, 0.3) is 0 Å². The van der Waals surface area contributed by atoms with Gasteiger partial charge in [-0.1, -0.05) is 6.07 Å². The van der Waals surface area contributed by atoms with Crippen molar-refractivity contribution in [3.05, 3.63) is 48.4 Å². The van der Waals surface area contributed by atoms with Gasteiger partial charge in [-0.2, -0.15) is 0 Å². The van der Waals surface area contributed by atoms with Crippen molar-refractivity contribution >= 4 is 29.3 Å². The van der Waals surface area contributed by atoms with Crippen LogP contribution in [0.4, 0.5) is 5.69 Å². The average Bonchev–Trinajstić information content (AvgIpc) is 3.06. The Hall–Kier alpha value is -2.25. The molecule has 3 N–H and O–H groups in total. The first-order chi connectivity index (χ1) is 10.6. The van der Waals surface area contributed by atoms with Crippen molar-refractivity contribution in [2.45, 2.75) is 11.0 Å². The van der Waals surface area contributed by atoms with E-state index in [-0.39, 0.29) is 6.54 Å². The first-order valence-electron chi connectivity index (χ1n) is 6.53. The molecule has 0 saturated heterocycles. The fraction of sp³-hybridized carbons (Fsp3) is 0.200. The number of carbonyl (C=O) groups is 2. The molecule has 1 aromatic carbocycles. The normalized spacial score (nSPS) is 11.7. The quantitative estimate of drug-likeness (QED) is 0.577. The lowest BCUT2D eigenvalue weighted by Crippen LogP contribution is -2.37. The van der Waals surface area contributed by atoms with E-state index in [0.717, 1.165) is 4.90 Å². The van der Waals surface area contributed by atoms with Crippen molar-refractivity contribution in [3.63, 3.8) is 0 Å². The number of nitrogens with one attached hydrogen (secondary N) is 2. The highest BCUT2D eigenvalue weighted by Gasteiger charge is 2.16. The van der Waals surface area contributed by atoms with Gasteiger partial charge in [0.1, 0.15) is 0 Å². The number of anilines is 1. The van der Waals surface area contributed by atoms with E-state index in [1.165, 1.54) is 24.3 Å². The van der Waals surface area contributed by atoms with Gasteiger partial charge in [0.05, 0.1) is 18.6 Å². The number of amides is 2. The number of hydrogen-bond donors (Lipinski definition) is 3. The van der Waals surface area contributed by atoms with Crippen LogP contribution in [0.1, 0.15) is 11.7 Å². The van der Waals surface area contributed by atoms with E-state index in [0.29, 0.717) is 11.3 Å². The van der Waals surface area contributed by atoms with Gasteiger partial charge >= 0.3 is 11.8 Å². The van der Waals surface area contributed by atoms with Crippen LogP contribution < -0.4 is 10.6 Å². The third kappa shape index (κ3) is 4.37. The first kappa shape index (κ1) is 16.1. The molecule has 0 fully saturated rings. The summed E-state index contributed by atoms with van der Waals surface area (Å²) in [4.78, 5) is 24.5. The Kier molecular flexibility index (Phi) is 5.62. The minimum atomic E-state index is -0.921. The zero-order valence-corrected chi connectivity index (χ0v) is 12.7. The Morgan fingerprint density at radius 1 is 1.32 bits per heavy atom. The fourth-order valence-corrected chi connectivity index (χ4v) is 2.20. The highest BCUT2D eigenvalue weighted by Crippen LogP contribution is 2.18. The van der Waals surface area contributed by atoms with Crippen LogP contribution in [-0.2, 0) is 9.59 Å². The van der Waals surface area contributed by atoms with E-state index in [9.17, 15) is 14.7 Å². The monoisotopic (exact) mass is 320 g/mol. The van der Waals surface area contributed by atoms with Gasteiger partial charge in [0.15, 0.2) is 0 Å². The fourth-order valence-electron chi connectivity index (χ4n) is 1.74. The lowest BCUT2D eigenvalue weighted by atomic mass is 10.2. The summed E-state index contributed by atoms with van der Waals surface area (Å²) >= 11 is 1.54. The molecule has 0 aliphatic carbocycles. The number of carbonyl (C=O) groups excluding carboxylic acids is 2. The zero-order chi connectivity index (χ0) is 15.9. The Morgan fingerprint density at radius 3 is 2.82 bits per heavy atom. The van der Waals surface area contributed by atoms with Gasteiger partial charge in [0, 0.05) is 22.7 Å². The smallest absolute Gasteiger partial charge is 0.313 e. The summed E-state index contributed by atoms with van der Waals surface area (Å²) in [6.07, 6.45) is 3.80. The van der Waals surface area contributed by atoms with Crippen molar-refractivity contribution < 1.29 is 19.1 Å². The predicted octanol–water partition coefficient (Wildman–Crippen LogP) is 1.79. The number of rotatable bonds is 5. The molecular formula is C15H16N2O4S. The Bertz CT molecular complexity index is 643. The molecule has 0 spiro atoms. The Labute approximate surface area is 131 Å². The molecule has 0 aliphatic heterocycles. The van der Waals surface area contributed by atoms with Gasteiger partial charge in [-0.05, 0) is 30.5 Å². The maximum Gasteiger partial charge on any atom is 0.313 e. The summed E-state index contributed by atoms with van der Waals surface area (Å²) in [5.41, 5.74) is 1.08. The second-order valence-corrected chi connectivity index (χ2v) is 5.35. The number of thioether (sulfide) groups is 1. The molecule has 116 valence electrons. The predicted molar refractivity (Wildman–Crippen MR) is 83.5 cm³/mol. The summed E-state index contributed by atoms with van der Waals surface area (Å²) in [6, 6.07) is 8.76. The van der Waals surface area contributed by atoms with Crippen molar-refractivity contribution in [1.82, 2.24) is 5.32 Å². The minimum absolute atomic E-state index is 0.0728. The molecule has 1 atom stereocenters. The van der Waals surface area contributed by atoms with Crippen LogP contribution >= 0.6 is 11.8 Å². The Morgan fingerprint density at radius 2 is 2.14 bits per heavy atom. The number of hydrogen-bond acceptors (Lipinski definition) is 5. The average molecular weight is 320 g/mol. The summed E-state index contributed by atoms with van der Waals surface area (Å²) in [5.74, 6) is -1.59. The topological polar surface area (TPSA) is 91.6 Å². The van der Waals surface area contributed by atoms with E-state index < -0.39 is 17.9 Å². The molecule has 1 unspecified atom stereocenters. The minimum Gasteiger partial charge on any atom is -0.472 e. The van der Waals surface area contributed by atoms with Gasteiger partial charge in [0.25, 0.3) is 0 Å². The maximum absolute atomic E-state index is 11.8. The van der Waals surface area contributed by atoms with E-state index in [2.05, 4.69) is 10.6 Å². The third-order valence-electron chi connectivity index (χ3n) is 2.92. The molecule has 0 aliphatic rings. The van der Waals surface area contributed by atoms with Crippen molar-refractivity contribution in [3.8, 4) is 0 Å². The van der Waals surface area contributed by atoms with E-state index in [1.54, 1.807) is 24.3 Å². The molecule has 0 saturated carbocycles. The lowest BCUT2D eigenvalue weighted by Gasteiger charge is -2.10. The molecule has 1 heterocycles. The molecule has 0 bridgehead atoms. The third-order valence-corrected chi connectivity index (χ3v) is 3.64. The highest BCUT2D eigenvalue weighted by atomic mass is 32.2. The van der Waals surface area contributed by atoms with Crippen LogP contribution in [0.15, 0.2) is 52.2 Å². The summed E-state index contributed by atoms with van der Waals surface area (Å²) < 4.78 is 4.84. The highest BCUT2D eigenvalue weighted by molar-refractivity contribution is 7.98. The number of aliphatic hydroxyl groups is 1. The van der Waals surface area contributed by atoms with Gasteiger partial charge in [-0.15, -0.1) is 11.8 Å². The lowest BCUT2D eigenvalue weighted by molar-refractivity contribution is -0.136. The standard InChI is InChI=1S/C15H16N2O4S/c1-22-12-4-2-3-11(7-12)17-15(20)14(19)16-8-13(18)10-5-6-21-9-10/h2-7,9,13,18H,8H2,1H3,(H,16,19)(H,17,20). The van der Waals surface area contributed by atoms with Gasteiger partial charge in [0.2, 0.25) is 0 Å². The first-order valence-corrected chi connectivity index (χ1v) is 7.76. The molecule has 1 aromatic heterocycles. The van der Waals surface area contributed by atoms with E-state index in [1.807, 2.05) is 12.3 Å². The van der Waals surface area contributed by atoms with Gasteiger partial charge in [-0.3, -0.25) is 9.59 Å². The molecular weight excluding hydrogens is 304 g/mol. The van der Waals surface area contributed by atoms with Crippen molar-refractivity contribution in [1.29, 1.82) is 0 Å². The largest absolute Gasteiger partial charge is 0.472 e. The van der Waals surface area contributed by atoms with Crippen molar-refractivity contribution in [2.24, 2.45) is 0 Å². The molecule has 6 nitrogen and oxygen atoms in total. The molecule has 22 heavy (non-hydrogen) atoms. The number of furan rings is 1. The number of aliphatic hydroxyl groups excluding tert-OH is 1. The summed E-state index contributed by atoms with van der Waals surface area (Å²) in [6.45, 7) is -0.0728. The van der Waals surface area contributed by atoms with Crippen LogP contribution in [0.3, 0.4) is 0 Å². The zero-order valence-electron chi connectivity index (χ0n) is 11.9.